The van der Waals surface area contributed by atoms with Gasteiger partial charge in [0.1, 0.15) is 0 Å². The third-order valence-electron chi connectivity index (χ3n) is 6.84. The molecule has 0 aliphatic rings. The van der Waals surface area contributed by atoms with Gasteiger partial charge in [-0.05, 0) is 60.6 Å². The number of benzene rings is 2. The summed E-state index contributed by atoms with van der Waals surface area (Å²) in [5.41, 5.74) is 12.3. The van der Waals surface area contributed by atoms with Crippen molar-refractivity contribution >= 4 is 5.69 Å². The van der Waals surface area contributed by atoms with Gasteiger partial charge < -0.3 is 5.73 Å². The van der Waals surface area contributed by atoms with Crippen molar-refractivity contribution < 1.29 is 0 Å². The molecule has 0 aliphatic heterocycles. The zero-order valence-electron chi connectivity index (χ0n) is 21.1. The lowest BCUT2D eigenvalue weighted by molar-refractivity contribution is 0.532. The molecule has 0 saturated carbocycles. The monoisotopic (exact) mass is 435 g/mol. The van der Waals surface area contributed by atoms with E-state index >= 15 is 0 Å². The van der Waals surface area contributed by atoms with E-state index < -0.39 is 0 Å². The van der Waals surface area contributed by atoms with Gasteiger partial charge in [-0.1, -0.05) is 127 Å². The van der Waals surface area contributed by atoms with Gasteiger partial charge in [0.05, 0.1) is 0 Å². The lowest BCUT2D eigenvalue weighted by Gasteiger charge is -2.09. The molecule has 0 saturated heterocycles. The summed E-state index contributed by atoms with van der Waals surface area (Å²) in [5, 5.41) is 0. The highest BCUT2D eigenvalue weighted by Crippen LogP contribution is 2.19. The molecule has 0 atom stereocenters. The van der Waals surface area contributed by atoms with E-state index in [4.69, 9.17) is 5.73 Å². The predicted molar refractivity (Wildman–Crippen MR) is 143 cm³/mol. The lowest BCUT2D eigenvalue weighted by Crippen LogP contribution is -1.95. The molecule has 1 nitrogen and oxygen atoms in total. The van der Waals surface area contributed by atoms with Gasteiger partial charge in [-0.15, -0.1) is 0 Å². The van der Waals surface area contributed by atoms with Crippen molar-refractivity contribution in [2.75, 3.05) is 5.73 Å². The number of anilines is 1. The maximum absolute atomic E-state index is 5.79. The average Bonchev–Trinajstić information content (AvgIpc) is 2.79. The van der Waals surface area contributed by atoms with Crippen molar-refractivity contribution in [2.24, 2.45) is 0 Å². The van der Waals surface area contributed by atoms with Gasteiger partial charge in [0.2, 0.25) is 0 Å². The Morgan fingerprint density at radius 3 is 1.53 bits per heavy atom. The fourth-order valence-corrected chi connectivity index (χ4v) is 4.71. The summed E-state index contributed by atoms with van der Waals surface area (Å²) >= 11 is 0. The molecule has 0 spiro atoms. The SMILES string of the molecule is CCCCCCCCCCCCCCCCCc1ccc(Cc2ccc(N)cc2)cc1C. The third kappa shape index (κ3) is 11.7. The number of hydrogen-bond acceptors (Lipinski definition) is 1. The Balaban J connectivity index is 1.46. The van der Waals surface area contributed by atoms with Crippen molar-refractivity contribution in [2.45, 2.75) is 123 Å². The Bertz CT molecular complexity index is 716. The first kappa shape index (κ1) is 26.5. The number of aryl methyl sites for hydroxylation is 2. The van der Waals surface area contributed by atoms with Crippen LogP contribution in [0.1, 0.15) is 125 Å². The molecule has 32 heavy (non-hydrogen) atoms. The molecule has 2 N–H and O–H groups in total. The topological polar surface area (TPSA) is 26.0 Å². The van der Waals surface area contributed by atoms with E-state index in [1.807, 2.05) is 12.1 Å². The predicted octanol–water partition coefficient (Wildman–Crippen LogP) is 9.58. The number of nitrogens with two attached hydrogens (primary N) is 1. The van der Waals surface area contributed by atoms with Crippen LogP contribution >= 0.6 is 0 Å². The highest BCUT2D eigenvalue weighted by atomic mass is 14.5. The standard InChI is InChI=1S/C31H49N/c1-3-4-5-6-7-8-9-10-11-12-13-14-15-16-17-18-30-22-19-29(25-27(30)2)26-28-20-23-31(32)24-21-28/h19-25H,3-18,26,32H2,1-2H3. The van der Waals surface area contributed by atoms with Crippen LogP contribution in [0.4, 0.5) is 5.69 Å². The van der Waals surface area contributed by atoms with Crippen LogP contribution in [0.25, 0.3) is 0 Å². The minimum Gasteiger partial charge on any atom is -0.399 e. The second-order valence-corrected chi connectivity index (χ2v) is 9.88. The third-order valence-corrected chi connectivity index (χ3v) is 6.84. The molecule has 2 aromatic rings. The largest absolute Gasteiger partial charge is 0.399 e. The van der Waals surface area contributed by atoms with Crippen LogP contribution in [0.15, 0.2) is 42.5 Å². The molecule has 0 amide bonds. The quantitative estimate of drug-likeness (QED) is 0.183. The summed E-state index contributed by atoms with van der Waals surface area (Å²) in [5.74, 6) is 0. The molecule has 0 aromatic heterocycles. The van der Waals surface area contributed by atoms with Gasteiger partial charge in [0.25, 0.3) is 0 Å². The summed E-state index contributed by atoms with van der Waals surface area (Å²) in [6.45, 7) is 4.57. The molecule has 1 heteroatoms. The normalized spacial score (nSPS) is 11.2. The van der Waals surface area contributed by atoms with E-state index in [2.05, 4.69) is 44.2 Å². The molecule has 0 aliphatic carbocycles. The van der Waals surface area contributed by atoms with Crippen LogP contribution in [0, 0.1) is 6.92 Å². The van der Waals surface area contributed by atoms with Crippen LogP contribution < -0.4 is 5.73 Å². The van der Waals surface area contributed by atoms with Gasteiger partial charge in [-0.2, -0.15) is 0 Å². The maximum atomic E-state index is 5.79. The van der Waals surface area contributed by atoms with Crippen molar-refractivity contribution in [1.82, 2.24) is 0 Å². The second-order valence-electron chi connectivity index (χ2n) is 9.88. The number of nitrogen functional groups attached to an aromatic ring is 1. The average molecular weight is 436 g/mol. The molecule has 0 fully saturated rings. The van der Waals surface area contributed by atoms with E-state index in [-0.39, 0.29) is 0 Å². The summed E-state index contributed by atoms with van der Waals surface area (Å²) in [7, 11) is 0. The van der Waals surface area contributed by atoms with Gasteiger partial charge in [0, 0.05) is 5.69 Å². The first-order valence-electron chi connectivity index (χ1n) is 13.6. The summed E-state index contributed by atoms with van der Waals surface area (Å²) in [6, 6.07) is 15.3. The Labute approximate surface area is 199 Å². The number of rotatable bonds is 18. The molecule has 0 bridgehead atoms. The molecule has 0 unspecified atom stereocenters. The van der Waals surface area contributed by atoms with Gasteiger partial charge >= 0.3 is 0 Å². The first-order valence-corrected chi connectivity index (χ1v) is 13.6. The Hall–Kier alpha value is -1.76. The van der Waals surface area contributed by atoms with Crippen LogP contribution in [0.3, 0.4) is 0 Å². The fourth-order valence-electron chi connectivity index (χ4n) is 4.71. The maximum Gasteiger partial charge on any atom is 0.0314 e. The van der Waals surface area contributed by atoms with Gasteiger partial charge in [0.15, 0.2) is 0 Å². The zero-order chi connectivity index (χ0) is 22.9. The number of hydrogen-bond donors (Lipinski definition) is 1. The summed E-state index contributed by atoms with van der Waals surface area (Å²) < 4.78 is 0. The highest BCUT2D eigenvalue weighted by molar-refractivity contribution is 5.41. The molecule has 0 heterocycles. The summed E-state index contributed by atoms with van der Waals surface area (Å²) in [4.78, 5) is 0. The summed E-state index contributed by atoms with van der Waals surface area (Å²) in [6.07, 6.45) is 23.6. The molecule has 2 aromatic carbocycles. The van der Waals surface area contributed by atoms with E-state index in [1.54, 1.807) is 0 Å². The molecule has 178 valence electrons. The van der Waals surface area contributed by atoms with Crippen molar-refractivity contribution in [3.63, 3.8) is 0 Å². The van der Waals surface area contributed by atoms with E-state index in [1.165, 1.54) is 125 Å². The first-order chi connectivity index (χ1) is 15.7. The zero-order valence-corrected chi connectivity index (χ0v) is 21.1. The Morgan fingerprint density at radius 2 is 1.03 bits per heavy atom. The minimum absolute atomic E-state index is 0.837. The fraction of sp³-hybridized carbons (Fsp3) is 0.613. The number of unbranched alkanes of at least 4 members (excludes halogenated alkanes) is 14. The van der Waals surface area contributed by atoms with Crippen molar-refractivity contribution in [1.29, 1.82) is 0 Å². The molecule has 0 radical (unpaired) electrons. The van der Waals surface area contributed by atoms with Crippen LogP contribution in [0.5, 0.6) is 0 Å². The second kappa shape index (κ2) is 16.8. The molecule has 2 rings (SSSR count). The minimum atomic E-state index is 0.837. The van der Waals surface area contributed by atoms with Crippen LogP contribution in [-0.4, -0.2) is 0 Å². The van der Waals surface area contributed by atoms with E-state index in [9.17, 15) is 0 Å². The molecular formula is C31H49N. The van der Waals surface area contributed by atoms with E-state index in [0.717, 1.165) is 12.1 Å². The van der Waals surface area contributed by atoms with Crippen molar-refractivity contribution in [3.05, 3.63) is 64.7 Å². The molecular weight excluding hydrogens is 386 g/mol. The van der Waals surface area contributed by atoms with Crippen LogP contribution in [0.2, 0.25) is 0 Å². The van der Waals surface area contributed by atoms with E-state index in [0.29, 0.717) is 0 Å². The van der Waals surface area contributed by atoms with Crippen LogP contribution in [-0.2, 0) is 12.8 Å². The Morgan fingerprint density at radius 1 is 0.562 bits per heavy atom. The van der Waals surface area contributed by atoms with Gasteiger partial charge in [-0.3, -0.25) is 0 Å². The smallest absolute Gasteiger partial charge is 0.0314 e. The lowest BCUT2D eigenvalue weighted by atomic mass is 9.96. The van der Waals surface area contributed by atoms with Crippen molar-refractivity contribution in [3.8, 4) is 0 Å². The van der Waals surface area contributed by atoms with Gasteiger partial charge in [-0.25, -0.2) is 0 Å². The Kier molecular flexibility index (Phi) is 13.9. The highest BCUT2D eigenvalue weighted by Gasteiger charge is 2.03.